The van der Waals surface area contributed by atoms with Crippen molar-refractivity contribution in [1.82, 2.24) is 4.90 Å². The van der Waals surface area contributed by atoms with Crippen LogP contribution in [0.2, 0.25) is 0 Å². The number of carbonyl (C=O) groups excluding carboxylic acids is 2. The molecule has 3 rings (SSSR count). The molecular weight excluding hydrogens is 332 g/mol. The van der Waals surface area contributed by atoms with Gasteiger partial charge in [-0.05, 0) is 42.2 Å². The molecule has 0 spiro atoms. The van der Waals surface area contributed by atoms with Crippen LogP contribution in [-0.2, 0) is 22.4 Å². The molecule has 1 heterocycles. The van der Waals surface area contributed by atoms with Crippen LogP contribution in [0.25, 0.3) is 0 Å². The maximum Gasteiger partial charge on any atom is 0.323 e. The third-order valence-electron chi connectivity index (χ3n) is 4.37. The van der Waals surface area contributed by atoms with Crippen molar-refractivity contribution in [3.8, 4) is 0 Å². The molecule has 2 N–H and O–H groups in total. The Bertz CT molecular complexity index is 833. The highest BCUT2D eigenvalue weighted by Gasteiger charge is 2.21. The zero-order valence-corrected chi connectivity index (χ0v) is 14.3. The summed E-state index contributed by atoms with van der Waals surface area (Å²) >= 11 is 0. The van der Waals surface area contributed by atoms with Crippen molar-refractivity contribution in [2.24, 2.45) is 0 Å². The Balaban J connectivity index is 1.76. The minimum atomic E-state index is -1.04. The van der Waals surface area contributed by atoms with Gasteiger partial charge in [-0.1, -0.05) is 30.3 Å². The van der Waals surface area contributed by atoms with Gasteiger partial charge in [0.2, 0.25) is 5.91 Å². The molecule has 0 fully saturated rings. The zero-order chi connectivity index (χ0) is 18.5. The second-order valence-electron chi connectivity index (χ2n) is 6.28. The summed E-state index contributed by atoms with van der Waals surface area (Å²) < 4.78 is 0. The summed E-state index contributed by atoms with van der Waals surface area (Å²) in [4.78, 5) is 36.8. The van der Waals surface area contributed by atoms with Crippen molar-refractivity contribution in [2.45, 2.75) is 19.3 Å². The fraction of sp³-hybridized carbons (Fsp3) is 0.250. The highest BCUT2D eigenvalue weighted by Crippen LogP contribution is 2.24. The van der Waals surface area contributed by atoms with Gasteiger partial charge in [-0.3, -0.25) is 14.4 Å². The van der Waals surface area contributed by atoms with E-state index in [0.29, 0.717) is 37.1 Å². The third-order valence-corrected chi connectivity index (χ3v) is 4.37. The van der Waals surface area contributed by atoms with Gasteiger partial charge in [-0.2, -0.15) is 0 Å². The maximum atomic E-state index is 12.8. The minimum Gasteiger partial charge on any atom is -0.480 e. The molecule has 0 aliphatic carbocycles. The van der Waals surface area contributed by atoms with Crippen molar-refractivity contribution in [3.05, 3.63) is 65.2 Å². The first-order chi connectivity index (χ1) is 12.5. The van der Waals surface area contributed by atoms with Crippen LogP contribution in [0.3, 0.4) is 0 Å². The van der Waals surface area contributed by atoms with Gasteiger partial charge in [-0.15, -0.1) is 0 Å². The SMILES string of the molecule is O=C(O)CN(CCc1ccccc1)C(=O)c1ccc2c(c1)CCC(=O)N2. The lowest BCUT2D eigenvalue weighted by atomic mass is 10.00. The Morgan fingerprint density at radius 3 is 2.58 bits per heavy atom. The highest BCUT2D eigenvalue weighted by molar-refractivity contribution is 5.98. The van der Waals surface area contributed by atoms with E-state index in [9.17, 15) is 14.4 Å². The summed E-state index contributed by atoms with van der Waals surface area (Å²) in [5.41, 5.74) is 3.10. The number of amides is 2. The van der Waals surface area contributed by atoms with E-state index < -0.39 is 5.97 Å². The van der Waals surface area contributed by atoms with Crippen LogP contribution >= 0.6 is 0 Å². The molecule has 134 valence electrons. The van der Waals surface area contributed by atoms with Gasteiger partial charge < -0.3 is 15.3 Å². The summed E-state index contributed by atoms with van der Waals surface area (Å²) in [5.74, 6) is -1.40. The number of aliphatic carboxylic acids is 1. The van der Waals surface area contributed by atoms with Gasteiger partial charge in [0.1, 0.15) is 6.54 Å². The standard InChI is InChI=1S/C20H20N2O4/c23-18-9-7-15-12-16(6-8-17(15)21-18)20(26)22(13-19(24)25)11-10-14-4-2-1-3-5-14/h1-6,8,12H,7,9-11,13H2,(H,21,23)(H,24,25). The molecule has 1 aliphatic heterocycles. The molecule has 1 aliphatic rings. The summed E-state index contributed by atoms with van der Waals surface area (Å²) in [6.45, 7) is -0.0253. The first-order valence-corrected chi connectivity index (χ1v) is 8.50. The normalized spacial score (nSPS) is 12.8. The number of aryl methyl sites for hydroxylation is 1. The largest absolute Gasteiger partial charge is 0.480 e. The summed E-state index contributed by atoms with van der Waals surface area (Å²) in [5, 5.41) is 11.9. The Labute approximate surface area is 151 Å². The molecule has 6 nitrogen and oxygen atoms in total. The lowest BCUT2D eigenvalue weighted by Gasteiger charge is -2.22. The fourth-order valence-corrected chi connectivity index (χ4v) is 3.02. The fourth-order valence-electron chi connectivity index (χ4n) is 3.02. The molecule has 0 saturated heterocycles. The number of hydrogen-bond donors (Lipinski definition) is 2. The predicted octanol–water partition coefficient (Wildman–Crippen LogP) is 2.34. The Hall–Kier alpha value is -3.15. The van der Waals surface area contributed by atoms with Crippen LogP contribution in [-0.4, -0.2) is 40.9 Å². The molecule has 0 aromatic heterocycles. The summed E-state index contributed by atoms with van der Waals surface area (Å²) in [6, 6.07) is 14.7. The third kappa shape index (κ3) is 4.27. The van der Waals surface area contributed by atoms with E-state index in [-0.39, 0.29) is 18.4 Å². The Morgan fingerprint density at radius 1 is 1.08 bits per heavy atom. The average Bonchev–Trinajstić information content (AvgIpc) is 2.64. The molecule has 0 unspecified atom stereocenters. The smallest absolute Gasteiger partial charge is 0.323 e. The van der Waals surface area contributed by atoms with Gasteiger partial charge in [0.25, 0.3) is 5.91 Å². The predicted molar refractivity (Wildman–Crippen MR) is 97.1 cm³/mol. The lowest BCUT2D eigenvalue weighted by Crippen LogP contribution is -2.37. The van der Waals surface area contributed by atoms with E-state index >= 15 is 0 Å². The van der Waals surface area contributed by atoms with Crippen molar-refractivity contribution in [1.29, 1.82) is 0 Å². The van der Waals surface area contributed by atoms with E-state index in [4.69, 9.17) is 5.11 Å². The number of benzene rings is 2. The topological polar surface area (TPSA) is 86.7 Å². The molecule has 2 aromatic carbocycles. The first kappa shape index (κ1) is 17.7. The highest BCUT2D eigenvalue weighted by atomic mass is 16.4. The van der Waals surface area contributed by atoms with Crippen molar-refractivity contribution in [3.63, 3.8) is 0 Å². The molecule has 6 heteroatoms. The molecule has 26 heavy (non-hydrogen) atoms. The second-order valence-corrected chi connectivity index (χ2v) is 6.28. The number of carboxylic acid groups (broad SMARTS) is 1. The average molecular weight is 352 g/mol. The Morgan fingerprint density at radius 2 is 1.85 bits per heavy atom. The number of nitrogens with zero attached hydrogens (tertiary/aromatic N) is 1. The number of carboxylic acids is 1. The van der Waals surface area contributed by atoms with Crippen LogP contribution in [0, 0.1) is 0 Å². The van der Waals surface area contributed by atoms with Crippen molar-refractivity contribution >= 4 is 23.5 Å². The van der Waals surface area contributed by atoms with Gasteiger partial charge in [0.05, 0.1) is 0 Å². The number of nitrogens with one attached hydrogen (secondary N) is 1. The molecule has 0 saturated carbocycles. The van der Waals surface area contributed by atoms with Crippen molar-refractivity contribution < 1.29 is 19.5 Å². The molecular formula is C20H20N2O4. The molecule has 0 radical (unpaired) electrons. The van der Waals surface area contributed by atoms with Crippen molar-refractivity contribution in [2.75, 3.05) is 18.4 Å². The van der Waals surface area contributed by atoms with Crippen LogP contribution in [0.5, 0.6) is 0 Å². The quantitative estimate of drug-likeness (QED) is 0.835. The minimum absolute atomic E-state index is 0.0352. The van der Waals surface area contributed by atoms with Gasteiger partial charge in [0, 0.05) is 24.2 Å². The molecule has 2 amide bonds. The number of anilines is 1. The van der Waals surface area contributed by atoms with E-state index in [0.717, 1.165) is 11.1 Å². The van der Waals surface area contributed by atoms with Crippen LogP contribution in [0.1, 0.15) is 27.9 Å². The van der Waals surface area contributed by atoms with E-state index in [1.54, 1.807) is 18.2 Å². The Kier molecular flexibility index (Phi) is 5.31. The van der Waals surface area contributed by atoms with E-state index in [1.807, 2.05) is 30.3 Å². The first-order valence-electron chi connectivity index (χ1n) is 8.50. The number of fused-ring (bicyclic) bond motifs is 1. The lowest BCUT2D eigenvalue weighted by molar-refractivity contribution is -0.137. The van der Waals surface area contributed by atoms with E-state index in [2.05, 4.69) is 5.32 Å². The van der Waals surface area contributed by atoms with Crippen LogP contribution in [0.4, 0.5) is 5.69 Å². The number of carbonyl (C=O) groups is 3. The van der Waals surface area contributed by atoms with Gasteiger partial charge >= 0.3 is 5.97 Å². The van der Waals surface area contributed by atoms with Gasteiger partial charge in [-0.25, -0.2) is 0 Å². The van der Waals surface area contributed by atoms with E-state index in [1.165, 1.54) is 4.90 Å². The number of hydrogen-bond acceptors (Lipinski definition) is 3. The second kappa shape index (κ2) is 7.82. The van der Waals surface area contributed by atoms with Crippen LogP contribution in [0.15, 0.2) is 48.5 Å². The van der Waals surface area contributed by atoms with Gasteiger partial charge in [0.15, 0.2) is 0 Å². The maximum absolute atomic E-state index is 12.8. The number of rotatable bonds is 6. The molecule has 2 aromatic rings. The molecule has 0 atom stereocenters. The van der Waals surface area contributed by atoms with Crippen LogP contribution < -0.4 is 5.32 Å². The summed E-state index contributed by atoms with van der Waals surface area (Å²) in [7, 11) is 0. The monoisotopic (exact) mass is 352 g/mol. The summed E-state index contributed by atoms with van der Waals surface area (Å²) in [6.07, 6.45) is 1.55. The molecule has 0 bridgehead atoms. The zero-order valence-electron chi connectivity index (χ0n) is 14.3.